The van der Waals surface area contributed by atoms with Crippen molar-refractivity contribution < 1.29 is 13.6 Å². The highest BCUT2D eigenvalue weighted by molar-refractivity contribution is 5.84. The minimum atomic E-state index is -1.07. The molecule has 4 bridgehead atoms. The summed E-state index contributed by atoms with van der Waals surface area (Å²) in [5.74, 6) is 0.289. The van der Waals surface area contributed by atoms with Gasteiger partial charge in [0.2, 0.25) is 5.91 Å². The van der Waals surface area contributed by atoms with Crippen LogP contribution in [0.15, 0.2) is 36.5 Å². The Morgan fingerprint density at radius 3 is 2.69 bits per heavy atom. The van der Waals surface area contributed by atoms with Gasteiger partial charge in [0, 0.05) is 12.0 Å². The van der Waals surface area contributed by atoms with Gasteiger partial charge in [0.05, 0.1) is 18.1 Å². The average molecular weight is 405 g/mol. The van der Waals surface area contributed by atoms with Crippen LogP contribution in [0.2, 0.25) is 0 Å². The van der Waals surface area contributed by atoms with Crippen LogP contribution < -0.4 is 10.6 Å². The molecule has 29 heavy (non-hydrogen) atoms. The molecule has 1 saturated heterocycles. The number of piperidine rings is 1. The van der Waals surface area contributed by atoms with Crippen molar-refractivity contribution in [2.75, 3.05) is 19.8 Å². The zero-order valence-electron chi connectivity index (χ0n) is 17.5. The molecule has 1 heterocycles. The Morgan fingerprint density at radius 1 is 1.21 bits per heavy atom. The average Bonchev–Trinajstić information content (AvgIpc) is 2.69. The van der Waals surface area contributed by atoms with Gasteiger partial charge in [0.15, 0.2) is 0 Å². The van der Waals surface area contributed by atoms with Crippen molar-refractivity contribution >= 4 is 5.91 Å². The SMILES string of the molecule is C=C(/C=C\C=C/C)[C@]12CC3CC(C(=O)N[C@H]4CCNC[C@@H]4F)(C[C@](CF)(C3)C1)C2. The molecule has 4 aliphatic carbocycles. The predicted molar refractivity (Wildman–Crippen MR) is 112 cm³/mol. The lowest BCUT2D eigenvalue weighted by Gasteiger charge is -2.66. The van der Waals surface area contributed by atoms with E-state index in [2.05, 4.69) is 17.2 Å². The number of carbonyl (C=O) groups excluding carboxylic acids is 1. The first-order valence-corrected chi connectivity index (χ1v) is 11.1. The summed E-state index contributed by atoms with van der Waals surface area (Å²) in [6.45, 7) is 6.94. The number of alkyl halides is 2. The molecule has 2 N–H and O–H groups in total. The first-order valence-electron chi connectivity index (χ1n) is 11.1. The summed E-state index contributed by atoms with van der Waals surface area (Å²) >= 11 is 0. The van der Waals surface area contributed by atoms with Gasteiger partial charge in [-0.2, -0.15) is 0 Å². The molecular weight excluding hydrogens is 370 g/mol. The van der Waals surface area contributed by atoms with E-state index in [0.29, 0.717) is 31.7 Å². The lowest BCUT2D eigenvalue weighted by molar-refractivity contribution is -0.173. The molecule has 1 amide bonds. The van der Waals surface area contributed by atoms with E-state index in [4.69, 9.17) is 0 Å². The molecule has 5 fully saturated rings. The van der Waals surface area contributed by atoms with Gasteiger partial charge in [0.1, 0.15) is 6.17 Å². The quantitative estimate of drug-likeness (QED) is 0.644. The number of hydrogen-bond acceptors (Lipinski definition) is 2. The van der Waals surface area contributed by atoms with E-state index < -0.39 is 23.0 Å². The van der Waals surface area contributed by atoms with E-state index in [1.807, 2.05) is 31.2 Å². The Balaban J connectivity index is 1.61. The molecule has 0 aromatic heterocycles. The molecule has 0 aromatic carbocycles. The van der Waals surface area contributed by atoms with Crippen LogP contribution >= 0.6 is 0 Å². The van der Waals surface area contributed by atoms with Crippen molar-refractivity contribution in [3.05, 3.63) is 36.5 Å². The minimum Gasteiger partial charge on any atom is -0.350 e. The summed E-state index contributed by atoms with van der Waals surface area (Å²) in [6, 6.07) is -0.438. The van der Waals surface area contributed by atoms with E-state index in [9.17, 15) is 13.6 Å². The van der Waals surface area contributed by atoms with Gasteiger partial charge in [-0.15, -0.1) is 0 Å². The molecule has 6 atom stereocenters. The molecule has 160 valence electrons. The first-order chi connectivity index (χ1) is 13.9. The molecule has 1 aliphatic heterocycles. The Morgan fingerprint density at radius 2 is 1.97 bits per heavy atom. The van der Waals surface area contributed by atoms with Gasteiger partial charge < -0.3 is 10.6 Å². The molecule has 2 unspecified atom stereocenters. The summed E-state index contributed by atoms with van der Waals surface area (Å²) < 4.78 is 28.7. The molecular formula is C24H34F2N2O. The van der Waals surface area contributed by atoms with Crippen molar-refractivity contribution in [1.82, 2.24) is 10.6 Å². The monoisotopic (exact) mass is 404 g/mol. The number of nitrogens with one attached hydrogen (secondary N) is 2. The zero-order chi connectivity index (χ0) is 20.7. The van der Waals surface area contributed by atoms with Crippen LogP contribution in [0, 0.1) is 22.2 Å². The molecule has 5 heteroatoms. The zero-order valence-corrected chi connectivity index (χ0v) is 17.5. The first kappa shape index (κ1) is 20.8. The third-order valence-corrected chi connectivity index (χ3v) is 7.96. The second-order valence-electron chi connectivity index (χ2n) is 10.2. The minimum absolute atomic E-state index is 0.0522. The largest absolute Gasteiger partial charge is 0.350 e. The maximum absolute atomic E-state index is 14.4. The van der Waals surface area contributed by atoms with Crippen LogP contribution in [0.4, 0.5) is 8.78 Å². The van der Waals surface area contributed by atoms with Crippen LogP contribution in [0.25, 0.3) is 0 Å². The van der Waals surface area contributed by atoms with Gasteiger partial charge in [-0.3, -0.25) is 9.18 Å². The highest BCUT2D eigenvalue weighted by atomic mass is 19.1. The Kier molecular flexibility index (Phi) is 5.47. The van der Waals surface area contributed by atoms with Crippen molar-refractivity contribution in [2.45, 2.75) is 64.1 Å². The number of carbonyl (C=O) groups is 1. The van der Waals surface area contributed by atoms with E-state index in [1.54, 1.807) is 0 Å². The summed E-state index contributed by atoms with van der Waals surface area (Å²) in [7, 11) is 0. The van der Waals surface area contributed by atoms with E-state index >= 15 is 0 Å². The molecule has 5 rings (SSSR count). The fourth-order valence-corrected chi connectivity index (χ4v) is 7.16. The van der Waals surface area contributed by atoms with Gasteiger partial charge in [-0.05, 0) is 75.3 Å². The van der Waals surface area contributed by atoms with Crippen LogP contribution in [-0.2, 0) is 4.79 Å². The lowest BCUT2D eigenvalue weighted by Crippen LogP contribution is -2.64. The highest BCUT2D eigenvalue weighted by Gasteiger charge is 2.66. The molecule has 3 nitrogen and oxygen atoms in total. The predicted octanol–water partition coefficient (Wildman–Crippen LogP) is 4.42. The number of rotatable bonds is 6. The van der Waals surface area contributed by atoms with Crippen LogP contribution in [-0.4, -0.2) is 37.9 Å². The second kappa shape index (κ2) is 7.64. The Hall–Kier alpha value is -1.49. The Labute approximate surface area is 173 Å². The maximum atomic E-state index is 14.4. The number of halogens is 2. The summed E-state index contributed by atoms with van der Waals surface area (Å²) in [4.78, 5) is 13.5. The number of amides is 1. The normalized spacial score (nSPS) is 43.9. The smallest absolute Gasteiger partial charge is 0.226 e. The maximum Gasteiger partial charge on any atom is 0.226 e. The molecule has 0 radical (unpaired) electrons. The molecule has 4 saturated carbocycles. The van der Waals surface area contributed by atoms with E-state index in [-0.39, 0.29) is 24.5 Å². The fraction of sp³-hybridized carbons (Fsp3) is 0.708. The van der Waals surface area contributed by atoms with Gasteiger partial charge >= 0.3 is 0 Å². The fourth-order valence-electron chi connectivity index (χ4n) is 7.16. The van der Waals surface area contributed by atoms with Crippen LogP contribution in [0.3, 0.4) is 0 Å². The van der Waals surface area contributed by atoms with Crippen LogP contribution in [0.1, 0.15) is 51.9 Å². The number of hydrogen-bond donors (Lipinski definition) is 2. The second-order valence-corrected chi connectivity index (χ2v) is 10.2. The highest BCUT2D eigenvalue weighted by Crippen LogP contribution is 2.71. The lowest BCUT2D eigenvalue weighted by atomic mass is 9.38. The summed E-state index contributed by atoms with van der Waals surface area (Å²) in [5, 5.41) is 6.07. The molecule has 0 spiro atoms. The van der Waals surface area contributed by atoms with Gasteiger partial charge in [0.25, 0.3) is 0 Å². The van der Waals surface area contributed by atoms with Gasteiger partial charge in [-0.25, -0.2) is 4.39 Å². The summed E-state index contributed by atoms with van der Waals surface area (Å²) in [5.41, 5.74) is -0.227. The summed E-state index contributed by atoms with van der Waals surface area (Å²) in [6.07, 6.45) is 12.2. The Bertz CT molecular complexity index is 734. The standard InChI is InChI=1S/C24H34F2N2O/c1-3-4-5-6-17(2)23-10-18-9-22(13-23,16-25)14-24(11-18,15-23)21(29)28-20-7-8-27-12-19(20)26/h3-6,18-20,27H,2,7-16H2,1H3,(H,28,29)/b4-3-,6-5-/t18?,19-,20-,22-,23+,24?/m0/s1. The third-order valence-electron chi connectivity index (χ3n) is 7.96. The van der Waals surface area contributed by atoms with Crippen molar-refractivity contribution in [3.63, 3.8) is 0 Å². The van der Waals surface area contributed by atoms with Crippen molar-refractivity contribution in [2.24, 2.45) is 22.2 Å². The van der Waals surface area contributed by atoms with E-state index in [1.165, 1.54) is 0 Å². The molecule has 0 aromatic rings. The van der Waals surface area contributed by atoms with Crippen molar-refractivity contribution in [1.29, 1.82) is 0 Å². The number of allylic oxidation sites excluding steroid dienone is 5. The van der Waals surface area contributed by atoms with Crippen molar-refractivity contribution in [3.8, 4) is 0 Å². The van der Waals surface area contributed by atoms with E-state index in [0.717, 1.165) is 31.3 Å². The molecule has 5 aliphatic rings. The van der Waals surface area contributed by atoms with Gasteiger partial charge in [-0.1, -0.05) is 30.9 Å². The third kappa shape index (κ3) is 3.60. The topological polar surface area (TPSA) is 41.1 Å². The van der Waals surface area contributed by atoms with Crippen LogP contribution in [0.5, 0.6) is 0 Å².